The van der Waals surface area contributed by atoms with Crippen molar-refractivity contribution < 1.29 is 19.7 Å². The van der Waals surface area contributed by atoms with Crippen LogP contribution in [0.4, 0.5) is 0 Å². The van der Waals surface area contributed by atoms with Crippen LogP contribution in [0.5, 0.6) is 11.5 Å². The lowest BCUT2D eigenvalue weighted by Crippen LogP contribution is -2.29. The number of phenols is 2. The molecular formula is C21H24ClNO5. The summed E-state index contributed by atoms with van der Waals surface area (Å²) in [4.78, 5) is 12.7. The molecule has 6 nitrogen and oxygen atoms in total. The van der Waals surface area contributed by atoms with Gasteiger partial charge in [0.05, 0.1) is 11.1 Å². The molecule has 2 unspecified atom stereocenters. The SMILES string of the molecule is C=C/C(Cl)=C(\C=C)c1cc(=O)c2c(O)cc(O)c(C(CC)C(O)CNC)c2o1. The molecule has 1 heterocycles. The fourth-order valence-corrected chi connectivity index (χ4v) is 3.43. The van der Waals surface area contributed by atoms with E-state index in [2.05, 4.69) is 18.5 Å². The van der Waals surface area contributed by atoms with Gasteiger partial charge in [-0.15, -0.1) is 0 Å². The van der Waals surface area contributed by atoms with Gasteiger partial charge in [-0.05, 0) is 19.5 Å². The Kier molecular flexibility index (Phi) is 7.07. The normalized spacial score (nSPS) is 14.4. The molecule has 0 saturated carbocycles. The van der Waals surface area contributed by atoms with Crippen LogP contribution in [-0.2, 0) is 0 Å². The summed E-state index contributed by atoms with van der Waals surface area (Å²) in [6.07, 6.45) is 2.41. The standard InChI is InChI=1S/C21H24ClNO5/c1-5-11(13(22)7-3)18-9-16(26)20-15(25)8-14(24)19(21(20)28-18)12(6-2)17(27)10-23-4/h5,7-9,12,17,23-25,27H,1,3,6,10H2,2,4H3/b13-11-. The highest BCUT2D eigenvalue weighted by molar-refractivity contribution is 6.34. The van der Waals surface area contributed by atoms with Gasteiger partial charge < -0.3 is 25.1 Å². The number of allylic oxidation sites excluding steroid dienone is 4. The van der Waals surface area contributed by atoms with E-state index >= 15 is 0 Å². The third kappa shape index (κ3) is 3.99. The Morgan fingerprint density at radius 1 is 1.29 bits per heavy atom. The molecule has 1 aromatic heterocycles. The molecule has 2 rings (SSSR count). The van der Waals surface area contributed by atoms with E-state index in [1.54, 1.807) is 7.05 Å². The molecule has 1 aromatic carbocycles. The van der Waals surface area contributed by atoms with Crippen LogP contribution in [0.2, 0.25) is 0 Å². The van der Waals surface area contributed by atoms with Gasteiger partial charge in [0, 0.05) is 35.7 Å². The molecule has 0 amide bonds. The fraction of sp³-hybridized carbons (Fsp3) is 0.286. The molecular weight excluding hydrogens is 382 g/mol. The van der Waals surface area contributed by atoms with Gasteiger partial charge in [-0.2, -0.15) is 0 Å². The number of hydrogen-bond donors (Lipinski definition) is 4. The lowest BCUT2D eigenvalue weighted by Gasteiger charge is -2.24. The van der Waals surface area contributed by atoms with Crippen LogP contribution < -0.4 is 10.7 Å². The highest BCUT2D eigenvalue weighted by Crippen LogP contribution is 2.41. The van der Waals surface area contributed by atoms with Crippen LogP contribution in [-0.4, -0.2) is 35.0 Å². The maximum atomic E-state index is 12.7. The van der Waals surface area contributed by atoms with Crippen molar-refractivity contribution in [2.75, 3.05) is 13.6 Å². The first-order valence-corrected chi connectivity index (χ1v) is 9.18. The zero-order chi connectivity index (χ0) is 21.0. The predicted molar refractivity (Wildman–Crippen MR) is 112 cm³/mol. The van der Waals surface area contributed by atoms with Gasteiger partial charge >= 0.3 is 0 Å². The summed E-state index contributed by atoms with van der Waals surface area (Å²) in [5.41, 5.74) is 0.0686. The molecule has 0 aliphatic carbocycles. The second-order valence-corrected chi connectivity index (χ2v) is 6.72. The Bertz CT molecular complexity index is 992. The summed E-state index contributed by atoms with van der Waals surface area (Å²) in [5, 5.41) is 34.3. The molecule has 0 fully saturated rings. The molecule has 7 heteroatoms. The van der Waals surface area contributed by atoms with Crippen molar-refractivity contribution >= 4 is 28.1 Å². The number of hydrogen-bond acceptors (Lipinski definition) is 6. The van der Waals surface area contributed by atoms with Gasteiger partial charge in [-0.25, -0.2) is 0 Å². The monoisotopic (exact) mass is 405 g/mol. The van der Waals surface area contributed by atoms with Gasteiger partial charge in [-0.1, -0.05) is 37.8 Å². The third-order valence-corrected chi connectivity index (χ3v) is 4.95. The van der Waals surface area contributed by atoms with E-state index in [1.807, 2.05) is 6.92 Å². The van der Waals surface area contributed by atoms with E-state index in [1.165, 1.54) is 18.2 Å². The smallest absolute Gasteiger partial charge is 0.197 e. The van der Waals surface area contributed by atoms with Crippen LogP contribution in [0.1, 0.15) is 30.6 Å². The van der Waals surface area contributed by atoms with Crippen LogP contribution in [0.15, 0.2) is 51.7 Å². The van der Waals surface area contributed by atoms with Crippen molar-refractivity contribution in [1.82, 2.24) is 5.32 Å². The number of phenolic OH excluding ortho intramolecular Hbond substituents is 2. The molecule has 0 spiro atoms. The topological polar surface area (TPSA) is 103 Å². The summed E-state index contributed by atoms with van der Waals surface area (Å²) in [5.74, 6) is -1.11. The minimum Gasteiger partial charge on any atom is -0.507 e. The minimum atomic E-state index is -0.853. The Morgan fingerprint density at radius 2 is 1.96 bits per heavy atom. The summed E-state index contributed by atoms with van der Waals surface area (Å²) < 4.78 is 5.91. The van der Waals surface area contributed by atoms with Gasteiger partial charge in [0.25, 0.3) is 0 Å². The quantitative estimate of drug-likeness (QED) is 0.500. The number of likely N-dealkylation sites (N-methyl/N-ethyl adjacent to an activating group) is 1. The van der Waals surface area contributed by atoms with Crippen LogP contribution >= 0.6 is 11.6 Å². The third-order valence-electron chi connectivity index (χ3n) is 4.59. The minimum absolute atomic E-state index is 0.00474. The molecule has 0 aliphatic rings. The van der Waals surface area contributed by atoms with Crippen molar-refractivity contribution in [3.63, 3.8) is 0 Å². The van der Waals surface area contributed by atoms with Gasteiger partial charge in [0.1, 0.15) is 28.2 Å². The Hall–Kier alpha value is -2.54. The molecule has 0 bridgehead atoms. The second kappa shape index (κ2) is 9.10. The largest absolute Gasteiger partial charge is 0.507 e. The molecule has 4 N–H and O–H groups in total. The van der Waals surface area contributed by atoms with Crippen LogP contribution in [0, 0.1) is 0 Å². The lowest BCUT2D eigenvalue weighted by molar-refractivity contribution is 0.139. The second-order valence-electron chi connectivity index (χ2n) is 6.32. The average molecular weight is 406 g/mol. The highest BCUT2D eigenvalue weighted by Gasteiger charge is 2.28. The van der Waals surface area contributed by atoms with Crippen molar-refractivity contribution in [1.29, 1.82) is 0 Å². The van der Waals surface area contributed by atoms with Gasteiger partial charge in [-0.3, -0.25) is 4.79 Å². The van der Waals surface area contributed by atoms with E-state index in [4.69, 9.17) is 16.0 Å². The Labute approximate surface area is 168 Å². The lowest BCUT2D eigenvalue weighted by atomic mass is 9.88. The summed E-state index contributed by atoms with van der Waals surface area (Å²) >= 11 is 6.13. The molecule has 2 atom stereocenters. The molecule has 2 aromatic rings. The number of aromatic hydroxyl groups is 2. The fourth-order valence-electron chi connectivity index (χ4n) is 3.26. The number of rotatable bonds is 8. The number of fused-ring (bicyclic) bond motifs is 1. The number of aliphatic hydroxyl groups excluding tert-OH is 1. The molecule has 0 aliphatic heterocycles. The van der Waals surface area contributed by atoms with Gasteiger partial charge in [0.15, 0.2) is 5.43 Å². The zero-order valence-corrected chi connectivity index (χ0v) is 16.6. The number of aliphatic hydroxyl groups is 1. The zero-order valence-electron chi connectivity index (χ0n) is 15.8. The van der Waals surface area contributed by atoms with E-state index < -0.39 is 23.2 Å². The summed E-state index contributed by atoms with van der Waals surface area (Å²) in [6, 6.07) is 2.28. The molecule has 150 valence electrons. The molecule has 0 saturated heterocycles. The predicted octanol–water partition coefficient (Wildman–Crippen LogP) is 3.60. The maximum absolute atomic E-state index is 12.7. The van der Waals surface area contributed by atoms with Crippen molar-refractivity contribution in [3.8, 4) is 11.5 Å². The average Bonchev–Trinajstić information content (AvgIpc) is 2.64. The highest BCUT2D eigenvalue weighted by atomic mass is 35.5. The maximum Gasteiger partial charge on any atom is 0.197 e. The van der Waals surface area contributed by atoms with Crippen molar-refractivity contribution in [3.05, 3.63) is 64.0 Å². The van der Waals surface area contributed by atoms with Crippen LogP contribution in [0.25, 0.3) is 16.5 Å². The van der Waals surface area contributed by atoms with E-state index in [0.717, 1.165) is 6.07 Å². The van der Waals surface area contributed by atoms with Gasteiger partial charge in [0.2, 0.25) is 0 Å². The van der Waals surface area contributed by atoms with E-state index in [0.29, 0.717) is 12.0 Å². The van der Waals surface area contributed by atoms with E-state index in [-0.39, 0.29) is 39.6 Å². The summed E-state index contributed by atoms with van der Waals surface area (Å²) in [7, 11) is 1.70. The Morgan fingerprint density at radius 3 is 2.50 bits per heavy atom. The number of nitrogens with one attached hydrogen (secondary N) is 1. The summed E-state index contributed by atoms with van der Waals surface area (Å²) in [6.45, 7) is 9.38. The van der Waals surface area contributed by atoms with Crippen molar-refractivity contribution in [2.24, 2.45) is 0 Å². The molecule has 28 heavy (non-hydrogen) atoms. The van der Waals surface area contributed by atoms with Crippen molar-refractivity contribution in [2.45, 2.75) is 25.4 Å². The van der Waals surface area contributed by atoms with Crippen LogP contribution in [0.3, 0.4) is 0 Å². The molecule has 0 radical (unpaired) electrons. The van der Waals surface area contributed by atoms with E-state index in [9.17, 15) is 20.1 Å². The first-order valence-electron chi connectivity index (χ1n) is 8.80. The Balaban J connectivity index is 2.93. The number of halogens is 1. The first kappa shape index (κ1) is 21.8. The first-order chi connectivity index (χ1) is 13.3. The number of benzene rings is 1.